The number of unbranched alkanes of at least 4 members (excludes halogenated alkanes) is 1. The number of oxazole rings is 1. The summed E-state index contributed by atoms with van der Waals surface area (Å²) in [6, 6.07) is 7.84. The first-order valence-corrected chi connectivity index (χ1v) is 7.95. The molecule has 0 saturated carbocycles. The number of nitrogens with one attached hydrogen (secondary N) is 1. The molecular formula is C16H19BrN2O2. The van der Waals surface area contributed by atoms with E-state index in [0.29, 0.717) is 18.7 Å². The molecule has 0 aliphatic heterocycles. The average molecular weight is 351 g/mol. The Morgan fingerprint density at radius 3 is 2.81 bits per heavy atom. The van der Waals surface area contributed by atoms with Crippen molar-refractivity contribution in [3.05, 3.63) is 40.8 Å². The summed E-state index contributed by atoms with van der Waals surface area (Å²) >= 11 is 3.40. The Bertz CT molecular complexity index is 578. The van der Waals surface area contributed by atoms with Crippen LogP contribution in [0.1, 0.15) is 32.1 Å². The molecule has 0 spiro atoms. The van der Waals surface area contributed by atoms with Gasteiger partial charge in [0, 0.05) is 29.4 Å². The number of hydrogen-bond donors (Lipinski definition) is 1. The van der Waals surface area contributed by atoms with Gasteiger partial charge < -0.3 is 9.73 Å². The van der Waals surface area contributed by atoms with Crippen LogP contribution in [0.3, 0.4) is 0 Å². The smallest absolute Gasteiger partial charge is 0.220 e. The highest BCUT2D eigenvalue weighted by atomic mass is 79.9. The number of nitrogens with zero attached hydrogens (tertiary/aromatic N) is 1. The lowest BCUT2D eigenvalue weighted by molar-refractivity contribution is -0.121. The van der Waals surface area contributed by atoms with E-state index in [2.05, 4.69) is 33.2 Å². The van der Waals surface area contributed by atoms with E-state index in [4.69, 9.17) is 4.42 Å². The Hall–Kier alpha value is -1.62. The molecule has 1 N–H and O–H groups in total. The Morgan fingerprint density at radius 2 is 2.10 bits per heavy atom. The van der Waals surface area contributed by atoms with Gasteiger partial charge in [-0.05, 0) is 18.6 Å². The van der Waals surface area contributed by atoms with Gasteiger partial charge in [-0.1, -0.05) is 41.4 Å². The third-order valence-corrected chi connectivity index (χ3v) is 3.63. The molecule has 5 heteroatoms. The summed E-state index contributed by atoms with van der Waals surface area (Å²) in [5.41, 5.74) is 0.976. The highest BCUT2D eigenvalue weighted by Gasteiger charge is 2.08. The average Bonchev–Trinajstić information content (AvgIpc) is 2.95. The number of rotatable bonds is 7. The number of aryl methyl sites for hydroxylation is 1. The van der Waals surface area contributed by atoms with E-state index in [-0.39, 0.29) is 5.91 Å². The van der Waals surface area contributed by atoms with E-state index in [1.165, 1.54) is 0 Å². The van der Waals surface area contributed by atoms with Gasteiger partial charge in [-0.3, -0.25) is 4.79 Å². The van der Waals surface area contributed by atoms with Crippen LogP contribution in [0.5, 0.6) is 0 Å². The van der Waals surface area contributed by atoms with E-state index in [1.807, 2.05) is 24.3 Å². The van der Waals surface area contributed by atoms with Gasteiger partial charge in [-0.25, -0.2) is 4.98 Å². The summed E-state index contributed by atoms with van der Waals surface area (Å²) < 4.78 is 6.70. The lowest BCUT2D eigenvalue weighted by Crippen LogP contribution is -2.24. The largest absolute Gasteiger partial charge is 0.441 e. The van der Waals surface area contributed by atoms with Crippen LogP contribution in [-0.2, 0) is 11.2 Å². The predicted octanol–water partition coefficient (Wildman–Crippen LogP) is 3.95. The second-order valence-corrected chi connectivity index (χ2v) is 5.74. The minimum Gasteiger partial charge on any atom is -0.441 e. The lowest BCUT2D eigenvalue weighted by Gasteiger charge is -2.02. The first kappa shape index (κ1) is 15.8. The Labute approximate surface area is 133 Å². The highest BCUT2D eigenvalue weighted by Crippen LogP contribution is 2.22. The summed E-state index contributed by atoms with van der Waals surface area (Å²) in [5, 5.41) is 2.88. The molecule has 2 rings (SSSR count). The molecule has 0 bridgehead atoms. The molecule has 0 aliphatic rings. The van der Waals surface area contributed by atoms with Crippen molar-refractivity contribution in [1.29, 1.82) is 0 Å². The standard InChI is InChI=1S/C16H19BrN2O2/c1-2-3-10-18-15(20)8-9-16-19-11-14(21-16)12-4-6-13(17)7-5-12/h4-7,11H,2-3,8-10H2,1H3,(H,18,20). The maximum Gasteiger partial charge on any atom is 0.220 e. The molecule has 0 aliphatic carbocycles. The van der Waals surface area contributed by atoms with Crippen molar-refractivity contribution in [2.75, 3.05) is 6.54 Å². The zero-order valence-electron chi connectivity index (χ0n) is 12.1. The number of hydrogen-bond acceptors (Lipinski definition) is 3. The molecule has 0 fully saturated rings. The van der Waals surface area contributed by atoms with Gasteiger partial charge in [0.15, 0.2) is 11.7 Å². The molecule has 1 aromatic heterocycles. The van der Waals surface area contributed by atoms with Crippen LogP contribution < -0.4 is 5.32 Å². The number of amides is 1. The molecule has 112 valence electrons. The number of aromatic nitrogens is 1. The maximum absolute atomic E-state index is 11.6. The van der Waals surface area contributed by atoms with E-state index in [9.17, 15) is 4.79 Å². The summed E-state index contributed by atoms with van der Waals surface area (Å²) in [5.74, 6) is 1.37. The molecule has 0 unspecified atom stereocenters. The van der Waals surface area contributed by atoms with Crippen LogP contribution in [0.15, 0.2) is 39.4 Å². The minimum atomic E-state index is 0.0480. The molecule has 1 heterocycles. The fraction of sp³-hybridized carbons (Fsp3) is 0.375. The van der Waals surface area contributed by atoms with Gasteiger partial charge in [0.1, 0.15) is 0 Å². The lowest BCUT2D eigenvalue weighted by atomic mass is 10.2. The third-order valence-electron chi connectivity index (χ3n) is 3.10. The number of carbonyl (C=O) groups is 1. The summed E-state index contributed by atoms with van der Waals surface area (Å²) in [7, 11) is 0. The minimum absolute atomic E-state index is 0.0480. The molecule has 21 heavy (non-hydrogen) atoms. The van der Waals surface area contributed by atoms with Gasteiger partial charge in [0.2, 0.25) is 5.91 Å². The van der Waals surface area contributed by atoms with Crippen molar-refractivity contribution in [1.82, 2.24) is 10.3 Å². The molecule has 2 aromatic rings. The SMILES string of the molecule is CCCCNC(=O)CCc1ncc(-c2ccc(Br)cc2)o1. The van der Waals surface area contributed by atoms with E-state index in [1.54, 1.807) is 6.20 Å². The topological polar surface area (TPSA) is 55.1 Å². The van der Waals surface area contributed by atoms with E-state index < -0.39 is 0 Å². The van der Waals surface area contributed by atoms with Gasteiger partial charge in [0.25, 0.3) is 0 Å². The predicted molar refractivity (Wildman–Crippen MR) is 85.9 cm³/mol. The molecule has 0 saturated heterocycles. The molecule has 1 aromatic carbocycles. The normalized spacial score (nSPS) is 10.6. The highest BCUT2D eigenvalue weighted by molar-refractivity contribution is 9.10. The van der Waals surface area contributed by atoms with Crippen molar-refractivity contribution in [2.24, 2.45) is 0 Å². The number of benzene rings is 1. The maximum atomic E-state index is 11.6. The van der Waals surface area contributed by atoms with Crippen molar-refractivity contribution >= 4 is 21.8 Å². The van der Waals surface area contributed by atoms with E-state index >= 15 is 0 Å². The van der Waals surface area contributed by atoms with Gasteiger partial charge in [-0.15, -0.1) is 0 Å². The second kappa shape index (κ2) is 7.98. The summed E-state index contributed by atoms with van der Waals surface area (Å²) in [6.07, 6.45) is 4.72. The Morgan fingerprint density at radius 1 is 1.33 bits per heavy atom. The molecular weight excluding hydrogens is 332 g/mol. The van der Waals surface area contributed by atoms with Crippen molar-refractivity contribution < 1.29 is 9.21 Å². The van der Waals surface area contributed by atoms with Gasteiger partial charge >= 0.3 is 0 Å². The van der Waals surface area contributed by atoms with Crippen LogP contribution in [-0.4, -0.2) is 17.4 Å². The quantitative estimate of drug-likeness (QED) is 0.769. The Balaban J connectivity index is 1.86. The zero-order chi connectivity index (χ0) is 15.1. The number of carbonyl (C=O) groups excluding carboxylic acids is 1. The van der Waals surface area contributed by atoms with Crippen LogP contribution >= 0.6 is 15.9 Å². The van der Waals surface area contributed by atoms with Crippen LogP contribution in [0.4, 0.5) is 0 Å². The third kappa shape index (κ3) is 5.01. The fourth-order valence-corrected chi connectivity index (χ4v) is 2.15. The monoisotopic (exact) mass is 350 g/mol. The van der Waals surface area contributed by atoms with Crippen LogP contribution in [0.25, 0.3) is 11.3 Å². The first-order chi connectivity index (χ1) is 10.2. The van der Waals surface area contributed by atoms with Crippen molar-refractivity contribution in [3.8, 4) is 11.3 Å². The van der Waals surface area contributed by atoms with E-state index in [0.717, 1.165) is 35.2 Å². The summed E-state index contributed by atoms with van der Waals surface area (Å²) in [4.78, 5) is 15.8. The number of halogens is 1. The van der Waals surface area contributed by atoms with Gasteiger partial charge in [0.05, 0.1) is 6.20 Å². The van der Waals surface area contributed by atoms with Gasteiger partial charge in [-0.2, -0.15) is 0 Å². The van der Waals surface area contributed by atoms with Crippen molar-refractivity contribution in [2.45, 2.75) is 32.6 Å². The molecule has 4 nitrogen and oxygen atoms in total. The molecule has 1 amide bonds. The molecule has 0 radical (unpaired) electrons. The van der Waals surface area contributed by atoms with Crippen LogP contribution in [0, 0.1) is 0 Å². The summed E-state index contributed by atoms with van der Waals surface area (Å²) in [6.45, 7) is 2.84. The second-order valence-electron chi connectivity index (χ2n) is 4.83. The zero-order valence-corrected chi connectivity index (χ0v) is 13.6. The molecule has 0 atom stereocenters. The Kier molecular flexibility index (Phi) is 5.99. The fourth-order valence-electron chi connectivity index (χ4n) is 1.89. The van der Waals surface area contributed by atoms with Crippen LogP contribution in [0.2, 0.25) is 0 Å². The first-order valence-electron chi connectivity index (χ1n) is 7.16. The van der Waals surface area contributed by atoms with Crippen molar-refractivity contribution in [3.63, 3.8) is 0 Å².